The second-order valence-corrected chi connectivity index (χ2v) is 4.89. The molecule has 2 aromatic rings. The first-order chi connectivity index (χ1) is 10.2. The molecule has 108 valence electrons. The van der Waals surface area contributed by atoms with Crippen molar-refractivity contribution < 1.29 is 9.59 Å². The van der Waals surface area contributed by atoms with Crippen LogP contribution in [0.2, 0.25) is 0 Å². The van der Waals surface area contributed by atoms with E-state index in [1.165, 1.54) is 0 Å². The lowest BCUT2D eigenvalue weighted by Crippen LogP contribution is -2.49. The SMILES string of the molecule is CCCNN1C(=O)c2cccc3c(NN)ccc(c23)C1=O. The molecule has 0 aliphatic carbocycles. The molecule has 0 bridgehead atoms. The summed E-state index contributed by atoms with van der Waals surface area (Å²) in [6.45, 7) is 2.53. The van der Waals surface area contributed by atoms with E-state index in [0.29, 0.717) is 28.7 Å². The van der Waals surface area contributed by atoms with E-state index in [4.69, 9.17) is 5.84 Å². The summed E-state index contributed by atoms with van der Waals surface area (Å²) in [5.74, 6) is 4.83. The fraction of sp³-hybridized carbons (Fsp3) is 0.200. The zero-order valence-corrected chi connectivity index (χ0v) is 11.6. The number of nitrogens with zero attached hydrogens (tertiary/aromatic N) is 1. The van der Waals surface area contributed by atoms with E-state index < -0.39 is 0 Å². The van der Waals surface area contributed by atoms with Crippen LogP contribution < -0.4 is 16.7 Å². The highest BCUT2D eigenvalue weighted by molar-refractivity contribution is 6.26. The Morgan fingerprint density at radius 1 is 1.10 bits per heavy atom. The van der Waals surface area contributed by atoms with Crippen LogP contribution >= 0.6 is 0 Å². The first-order valence-electron chi connectivity index (χ1n) is 6.83. The number of benzene rings is 2. The summed E-state index contributed by atoms with van der Waals surface area (Å²) < 4.78 is 0. The van der Waals surface area contributed by atoms with Crippen LogP contribution in [0.25, 0.3) is 10.8 Å². The van der Waals surface area contributed by atoms with E-state index in [9.17, 15) is 9.59 Å². The van der Waals surface area contributed by atoms with Gasteiger partial charge in [0.1, 0.15) is 0 Å². The summed E-state index contributed by atoms with van der Waals surface area (Å²) >= 11 is 0. The number of nitrogens with one attached hydrogen (secondary N) is 2. The second kappa shape index (κ2) is 5.16. The molecule has 3 rings (SSSR count). The molecule has 0 atom stereocenters. The number of rotatable bonds is 4. The Bertz CT molecular complexity index is 720. The van der Waals surface area contributed by atoms with Crippen molar-refractivity contribution in [3.05, 3.63) is 41.5 Å². The standard InChI is InChI=1S/C15H16N4O2/c1-2-8-17-19-14(20)10-5-3-4-9-12(18-16)7-6-11(13(9)10)15(19)21/h3-7,17-18H,2,8,16H2,1H3. The summed E-state index contributed by atoms with van der Waals surface area (Å²) in [5.41, 5.74) is 7.16. The van der Waals surface area contributed by atoms with Crippen molar-refractivity contribution in [2.24, 2.45) is 5.84 Å². The Kier molecular flexibility index (Phi) is 3.32. The van der Waals surface area contributed by atoms with Crippen LogP contribution in [0.5, 0.6) is 0 Å². The van der Waals surface area contributed by atoms with E-state index >= 15 is 0 Å². The summed E-state index contributed by atoms with van der Waals surface area (Å²) in [5, 5.41) is 2.51. The maximum atomic E-state index is 12.5. The minimum Gasteiger partial charge on any atom is -0.324 e. The smallest absolute Gasteiger partial charge is 0.275 e. The van der Waals surface area contributed by atoms with Crippen LogP contribution in [0, 0.1) is 0 Å². The van der Waals surface area contributed by atoms with E-state index in [2.05, 4.69) is 10.9 Å². The zero-order valence-electron chi connectivity index (χ0n) is 11.6. The first kappa shape index (κ1) is 13.5. The third-order valence-electron chi connectivity index (χ3n) is 3.58. The zero-order chi connectivity index (χ0) is 15.0. The summed E-state index contributed by atoms with van der Waals surface area (Å²) in [6.07, 6.45) is 0.824. The maximum absolute atomic E-state index is 12.5. The molecular weight excluding hydrogens is 268 g/mol. The van der Waals surface area contributed by atoms with Crippen molar-refractivity contribution in [2.75, 3.05) is 12.0 Å². The van der Waals surface area contributed by atoms with Gasteiger partial charge in [-0.05, 0) is 24.6 Å². The molecule has 0 unspecified atom stereocenters. The molecular formula is C15H16N4O2. The molecule has 6 heteroatoms. The van der Waals surface area contributed by atoms with Crippen molar-refractivity contribution >= 4 is 28.3 Å². The van der Waals surface area contributed by atoms with Crippen molar-refractivity contribution in [3.63, 3.8) is 0 Å². The number of hydrazine groups is 2. The first-order valence-corrected chi connectivity index (χ1v) is 6.83. The van der Waals surface area contributed by atoms with Gasteiger partial charge >= 0.3 is 0 Å². The molecule has 0 radical (unpaired) electrons. The number of hydrogen-bond donors (Lipinski definition) is 3. The second-order valence-electron chi connectivity index (χ2n) is 4.89. The molecule has 1 aliphatic heterocycles. The average molecular weight is 284 g/mol. The van der Waals surface area contributed by atoms with Crippen LogP contribution in [0.15, 0.2) is 30.3 Å². The van der Waals surface area contributed by atoms with Crippen molar-refractivity contribution in [1.29, 1.82) is 0 Å². The van der Waals surface area contributed by atoms with E-state index in [1.54, 1.807) is 24.3 Å². The Morgan fingerprint density at radius 2 is 1.81 bits per heavy atom. The molecule has 0 saturated carbocycles. The molecule has 1 aliphatic rings. The molecule has 1 heterocycles. The van der Waals surface area contributed by atoms with Crippen molar-refractivity contribution in [1.82, 2.24) is 10.4 Å². The molecule has 4 N–H and O–H groups in total. The molecule has 0 saturated heterocycles. The van der Waals surface area contributed by atoms with Crippen LogP contribution in [0.1, 0.15) is 34.1 Å². The Morgan fingerprint density at radius 3 is 2.48 bits per heavy atom. The molecule has 2 amide bonds. The third kappa shape index (κ3) is 1.96. The molecule has 0 spiro atoms. The lowest BCUT2D eigenvalue weighted by atomic mass is 9.94. The Balaban J connectivity index is 2.22. The van der Waals surface area contributed by atoms with Crippen LogP contribution in [-0.2, 0) is 0 Å². The molecule has 2 aromatic carbocycles. The minimum absolute atomic E-state index is 0.333. The number of nitrogens with two attached hydrogens (primary N) is 1. The van der Waals surface area contributed by atoms with Crippen molar-refractivity contribution in [2.45, 2.75) is 13.3 Å². The maximum Gasteiger partial charge on any atom is 0.275 e. The Labute approximate surface area is 121 Å². The number of carbonyl (C=O) groups is 2. The van der Waals surface area contributed by atoms with Crippen LogP contribution in [-0.4, -0.2) is 23.4 Å². The summed E-state index contributed by atoms with van der Waals surface area (Å²) in [4.78, 5) is 25.0. The monoisotopic (exact) mass is 284 g/mol. The third-order valence-corrected chi connectivity index (χ3v) is 3.58. The predicted octanol–water partition coefficient (Wildman–Crippen LogP) is 1.64. The highest BCUT2D eigenvalue weighted by Crippen LogP contribution is 2.33. The average Bonchev–Trinajstić information content (AvgIpc) is 2.52. The summed E-state index contributed by atoms with van der Waals surface area (Å²) in [6, 6.07) is 8.78. The van der Waals surface area contributed by atoms with Gasteiger partial charge in [0.2, 0.25) is 0 Å². The lowest BCUT2D eigenvalue weighted by molar-refractivity contribution is 0.0521. The van der Waals surface area contributed by atoms with Crippen molar-refractivity contribution in [3.8, 4) is 0 Å². The topological polar surface area (TPSA) is 87.5 Å². The molecule has 6 nitrogen and oxygen atoms in total. The van der Waals surface area contributed by atoms with Crippen LogP contribution in [0.3, 0.4) is 0 Å². The number of hydrogen-bond acceptors (Lipinski definition) is 5. The molecule has 21 heavy (non-hydrogen) atoms. The van der Waals surface area contributed by atoms with E-state index in [-0.39, 0.29) is 11.8 Å². The lowest BCUT2D eigenvalue weighted by Gasteiger charge is -2.27. The molecule has 0 fully saturated rings. The summed E-state index contributed by atoms with van der Waals surface area (Å²) in [7, 11) is 0. The normalized spacial score (nSPS) is 13.9. The number of anilines is 1. The van der Waals surface area contributed by atoms with Gasteiger partial charge in [0, 0.05) is 17.3 Å². The number of imide groups is 1. The van der Waals surface area contributed by atoms with E-state index in [1.807, 2.05) is 13.0 Å². The van der Waals surface area contributed by atoms with Gasteiger partial charge in [-0.3, -0.25) is 15.4 Å². The minimum atomic E-state index is -0.333. The Hall–Kier alpha value is -2.44. The fourth-order valence-electron chi connectivity index (χ4n) is 2.59. The van der Waals surface area contributed by atoms with Gasteiger partial charge in [0.25, 0.3) is 11.8 Å². The van der Waals surface area contributed by atoms with Gasteiger partial charge in [0.15, 0.2) is 0 Å². The number of nitrogen functional groups attached to an aromatic ring is 1. The van der Waals surface area contributed by atoms with Gasteiger partial charge in [-0.2, -0.15) is 0 Å². The predicted molar refractivity (Wildman–Crippen MR) is 80.6 cm³/mol. The van der Waals surface area contributed by atoms with Crippen LogP contribution in [0.4, 0.5) is 5.69 Å². The fourth-order valence-corrected chi connectivity index (χ4v) is 2.59. The quantitative estimate of drug-likeness (QED) is 0.451. The van der Waals surface area contributed by atoms with Gasteiger partial charge in [0.05, 0.1) is 16.8 Å². The van der Waals surface area contributed by atoms with Gasteiger partial charge in [-0.15, -0.1) is 0 Å². The number of amides is 2. The van der Waals surface area contributed by atoms with Gasteiger partial charge < -0.3 is 5.43 Å². The largest absolute Gasteiger partial charge is 0.324 e. The van der Waals surface area contributed by atoms with Gasteiger partial charge in [-0.25, -0.2) is 10.4 Å². The van der Waals surface area contributed by atoms with E-state index in [0.717, 1.165) is 16.8 Å². The molecule has 0 aromatic heterocycles. The highest BCUT2D eigenvalue weighted by Gasteiger charge is 2.33. The highest BCUT2D eigenvalue weighted by atomic mass is 16.2. The number of carbonyl (C=O) groups excluding carboxylic acids is 2. The van der Waals surface area contributed by atoms with Gasteiger partial charge in [-0.1, -0.05) is 19.1 Å².